The molecule has 0 unspecified atom stereocenters. The van der Waals surface area contributed by atoms with Gasteiger partial charge < -0.3 is 0 Å². The number of benzene rings is 1. The first-order chi connectivity index (χ1) is 10.5. The van der Waals surface area contributed by atoms with E-state index in [-0.39, 0.29) is 24.0 Å². The minimum atomic E-state index is -3.34. The van der Waals surface area contributed by atoms with Gasteiger partial charge in [-0.1, -0.05) is 24.3 Å². The molecular formula is C16H21NO3S2. The van der Waals surface area contributed by atoms with E-state index < -0.39 is 10.0 Å². The lowest BCUT2D eigenvalue weighted by Gasteiger charge is -2.31. The fourth-order valence-corrected chi connectivity index (χ4v) is 4.66. The van der Waals surface area contributed by atoms with Gasteiger partial charge in [0.15, 0.2) is 5.78 Å². The van der Waals surface area contributed by atoms with Crippen LogP contribution in [0.25, 0.3) is 0 Å². The maximum atomic E-state index is 12.8. The summed E-state index contributed by atoms with van der Waals surface area (Å²) >= 11 is 1.54. The molecule has 4 nitrogen and oxygen atoms in total. The highest BCUT2D eigenvalue weighted by Crippen LogP contribution is 2.27. The minimum absolute atomic E-state index is 0.0449. The van der Waals surface area contributed by atoms with E-state index in [1.807, 2.05) is 30.5 Å². The standard InChI is InChI=1S/C16H21NO3S2/c1-3-11-22(19,20)17-10-6-7-13(12-17)16(18)14-8-4-5-9-15(14)21-2/h3-5,8-9,13H,1,6-7,10-12H2,2H3/t13-/m0/s1. The molecule has 0 saturated carbocycles. The number of piperidine rings is 1. The van der Waals surface area contributed by atoms with E-state index >= 15 is 0 Å². The van der Waals surface area contributed by atoms with Gasteiger partial charge in [-0.15, -0.1) is 18.3 Å². The van der Waals surface area contributed by atoms with Crippen molar-refractivity contribution in [3.63, 3.8) is 0 Å². The van der Waals surface area contributed by atoms with E-state index in [2.05, 4.69) is 6.58 Å². The SMILES string of the molecule is C=CCS(=O)(=O)N1CCC[C@H](C(=O)c2ccccc2SC)C1. The molecule has 1 heterocycles. The Labute approximate surface area is 136 Å². The van der Waals surface area contributed by atoms with Crippen LogP contribution in [-0.2, 0) is 10.0 Å². The first-order valence-corrected chi connectivity index (χ1v) is 10.1. The predicted octanol–water partition coefficient (Wildman–Crippen LogP) is 2.82. The van der Waals surface area contributed by atoms with Crippen molar-refractivity contribution in [3.8, 4) is 0 Å². The molecule has 22 heavy (non-hydrogen) atoms. The minimum Gasteiger partial charge on any atom is -0.294 e. The molecule has 1 aromatic carbocycles. The summed E-state index contributed by atoms with van der Waals surface area (Å²) in [5.74, 6) is -0.292. The van der Waals surface area contributed by atoms with Crippen molar-refractivity contribution in [2.75, 3.05) is 25.1 Å². The van der Waals surface area contributed by atoms with Gasteiger partial charge in [0, 0.05) is 29.5 Å². The van der Waals surface area contributed by atoms with Crippen LogP contribution in [0.4, 0.5) is 0 Å². The molecular weight excluding hydrogens is 318 g/mol. The smallest absolute Gasteiger partial charge is 0.217 e. The molecule has 0 bridgehead atoms. The van der Waals surface area contributed by atoms with Gasteiger partial charge in [-0.25, -0.2) is 12.7 Å². The van der Waals surface area contributed by atoms with E-state index in [0.717, 1.165) is 11.3 Å². The van der Waals surface area contributed by atoms with Gasteiger partial charge in [0.05, 0.1) is 5.75 Å². The first-order valence-electron chi connectivity index (χ1n) is 7.25. The van der Waals surface area contributed by atoms with Crippen LogP contribution in [0.3, 0.4) is 0 Å². The first kappa shape index (κ1) is 17.2. The van der Waals surface area contributed by atoms with E-state index in [0.29, 0.717) is 18.5 Å². The summed E-state index contributed by atoms with van der Waals surface area (Å²) < 4.78 is 25.7. The molecule has 1 fully saturated rings. The summed E-state index contributed by atoms with van der Waals surface area (Å²) in [6, 6.07) is 7.50. The summed E-state index contributed by atoms with van der Waals surface area (Å²) in [6.07, 6.45) is 4.79. The number of sulfonamides is 1. The second-order valence-electron chi connectivity index (χ2n) is 5.33. The van der Waals surface area contributed by atoms with Crippen molar-refractivity contribution in [1.29, 1.82) is 0 Å². The molecule has 6 heteroatoms. The monoisotopic (exact) mass is 339 g/mol. The number of hydrogen-bond donors (Lipinski definition) is 0. The Morgan fingerprint density at radius 3 is 2.86 bits per heavy atom. The Balaban J connectivity index is 2.19. The summed E-state index contributed by atoms with van der Waals surface area (Å²) in [5.41, 5.74) is 0.697. The van der Waals surface area contributed by atoms with Gasteiger partial charge >= 0.3 is 0 Å². The fourth-order valence-electron chi connectivity index (χ4n) is 2.73. The molecule has 0 N–H and O–H groups in total. The molecule has 1 aliphatic heterocycles. The van der Waals surface area contributed by atoms with E-state index in [1.165, 1.54) is 22.1 Å². The molecule has 120 valence electrons. The summed E-state index contributed by atoms with van der Waals surface area (Å²) in [5, 5.41) is 0. The van der Waals surface area contributed by atoms with Crippen molar-refractivity contribution in [1.82, 2.24) is 4.31 Å². The van der Waals surface area contributed by atoms with Crippen LogP contribution in [0.1, 0.15) is 23.2 Å². The van der Waals surface area contributed by atoms with Crippen molar-refractivity contribution in [3.05, 3.63) is 42.5 Å². The average Bonchev–Trinajstić information content (AvgIpc) is 2.54. The molecule has 1 aliphatic rings. The van der Waals surface area contributed by atoms with Crippen molar-refractivity contribution in [2.45, 2.75) is 17.7 Å². The fraction of sp³-hybridized carbons (Fsp3) is 0.438. The van der Waals surface area contributed by atoms with Crippen LogP contribution in [0.15, 0.2) is 41.8 Å². The highest BCUT2D eigenvalue weighted by molar-refractivity contribution is 7.98. The van der Waals surface area contributed by atoms with Gasteiger partial charge in [-0.3, -0.25) is 4.79 Å². The zero-order valence-electron chi connectivity index (χ0n) is 12.7. The Hall–Kier alpha value is -1.11. The van der Waals surface area contributed by atoms with Crippen molar-refractivity contribution in [2.24, 2.45) is 5.92 Å². The topological polar surface area (TPSA) is 54.5 Å². The van der Waals surface area contributed by atoms with Gasteiger partial charge in [-0.2, -0.15) is 0 Å². The maximum Gasteiger partial charge on any atom is 0.217 e. The van der Waals surface area contributed by atoms with Crippen LogP contribution in [0.5, 0.6) is 0 Å². The molecule has 0 spiro atoms. The summed E-state index contributed by atoms with van der Waals surface area (Å²) in [7, 11) is -3.34. The number of thioether (sulfide) groups is 1. The highest BCUT2D eigenvalue weighted by Gasteiger charge is 2.32. The average molecular weight is 339 g/mol. The highest BCUT2D eigenvalue weighted by atomic mass is 32.2. The van der Waals surface area contributed by atoms with E-state index in [4.69, 9.17) is 0 Å². The summed E-state index contributed by atoms with van der Waals surface area (Å²) in [4.78, 5) is 13.7. The molecule has 1 atom stereocenters. The number of carbonyl (C=O) groups excluding carboxylic acids is 1. The van der Waals surface area contributed by atoms with Crippen LogP contribution in [0, 0.1) is 5.92 Å². The largest absolute Gasteiger partial charge is 0.294 e. The number of ketones is 1. The van der Waals surface area contributed by atoms with Gasteiger partial charge in [0.25, 0.3) is 0 Å². The summed E-state index contributed by atoms with van der Waals surface area (Å²) in [6.45, 7) is 4.26. The third-order valence-corrected chi connectivity index (χ3v) is 6.42. The second-order valence-corrected chi connectivity index (χ2v) is 8.19. The zero-order valence-corrected chi connectivity index (χ0v) is 14.3. The number of hydrogen-bond acceptors (Lipinski definition) is 4. The predicted molar refractivity (Wildman–Crippen MR) is 90.8 cm³/mol. The Morgan fingerprint density at radius 1 is 1.45 bits per heavy atom. The Kier molecular flexibility index (Phi) is 5.83. The van der Waals surface area contributed by atoms with Crippen LogP contribution >= 0.6 is 11.8 Å². The molecule has 1 aromatic rings. The van der Waals surface area contributed by atoms with Crippen molar-refractivity contribution < 1.29 is 13.2 Å². The number of Topliss-reactive ketones (excluding diaryl/α,β-unsaturated/α-hetero) is 1. The zero-order chi connectivity index (χ0) is 16.2. The molecule has 0 radical (unpaired) electrons. The quantitative estimate of drug-likeness (QED) is 0.454. The van der Waals surface area contributed by atoms with E-state index in [1.54, 1.807) is 0 Å². The van der Waals surface area contributed by atoms with Gasteiger partial charge in [-0.05, 0) is 25.2 Å². The van der Waals surface area contributed by atoms with Crippen LogP contribution in [-0.4, -0.2) is 43.6 Å². The molecule has 1 saturated heterocycles. The molecule has 0 aromatic heterocycles. The lowest BCUT2D eigenvalue weighted by Crippen LogP contribution is -2.43. The number of carbonyl (C=O) groups is 1. The Bertz CT molecular complexity index is 655. The van der Waals surface area contributed by atoms with E-state index in [9.17, 15) is 13.2 Å². The third-order valence-electron chi connectivity index (χ3n) is 3.85. The van der Waals surface area contributed by atoms with Gasteiger partial charge in [0.1, 0.15) is 0 Å². The van der Waals surface area contributed by atoms with Crippen LogP contribution in [0.2, 0.25) is 0 Å². The molecule has 0 aliphatic carbocycles. The van der Waals surface area contributed by atoms with Gasteiger partial charge in [0.2, 0.25) is 10.0 Å². The molecule has 2 rings (SSSR count). The Morgan fingerprint density at radius 2 is 2.18 bits per heavy atom. The van der Waals surface area contributed by atoms with Crippen molar-refractivity contribution >= 4 is 27.6 Å². The lowest BCUT2D eigenvalue weighted by molar-refractivity contribution is 0.0869. The van der Waals surface area contributed by atoms with Crippen LogP contribution < -0.4 is 0 Å². The number of rotatable bonds is 6. The number of nitrogens with zero attached hydrogens (tertiary/aromatic N) is 1. The molecule has 0 amide bonds. The normalized spacial score (nSPS) is 19.8. The second kappa shape index (κ2) is 7.44. The lowest BCUT2D eigenvalue weighted by atomic mass is 9.91. The third kappa shape index (κ3) is 3.80. The maximum absolute atomic E-state index is 12.8.